The molecule has 0 bridgehead atoms. The second kappa shape index (κ2) is 4.89. The van der Waals surface area contributed by atoms with Crippen molar-refractivity contribution in [1.29, 1.82) is 0 Å². The minimum atomic E-state index is -0.368. The molecule has 1 aromatic rings. The number of ether oxygens (including phenoxy) is 1. The molecule has 15 heavy (non-hydrogen) atoms. The number of rotatable bonds is 4. The van der Waals surface area contributed by atoms with Crippen molar-refractivity contribution in [2.24, 2.45) is 0 Å². The van der Waals surface area contributed by atoms with Gasteiger partial charge in [0.25, 0.3) is 0 Å². The number of likely N-dealkylation sites (N-methyl/N-ethyl adjacent to an activating group) is 1. The molecule has 1 rings (SSSR count). The third-order valence-electron chi connectivity index (χ3n) is 2.12. The molecule has 0 aliphatic carbocycles. The first-order valence-corrected chi connectivity index (χ1v) is 4.62. The highest BCUT2D eigenvalue weighted by atomic mass is 19.1. The van der Waals surface area contributed by atoms with Gasteiger partial charge < -0.3 is 10.1 Å². The molecule has 0 amide bonds. The molecule has 82 valence electrons. The highest BCUT2D eigenvalue weighted by Gasteiger charge is 2.14. The molecule has 0 aliphatic heterocycles. The van der Waals surface area contributed by atoms with Gasteiger partial charge in [0, 0.05) is 6.07 Å². The number of nitrogens with one attached hydrogen (secondary N) is 1. The topological polar surface area (TPSA) is 38.3 Å². The Morgan fingerprint density at radius 1 is 1.53 bits per heavy atom. The highest BCUT2D eigenvalue weighted by Crippen LogP contribution is 2.22. The first-order valence-electron chi connectivity index (χ1n) is 4.62. The first kappa shape index (κ1) is 11.7. The van der Waals surface area contributed by atoms with Gasteiger partial charge in [-0.2, -0.15) is 0 Å². The lowest BCUT2D eigenvalue weighted by Crippen LogP contribution is -2.19. The minimum Gasteiger partial charge on any atom is -0.496 e. The first-order chi connectivity index (χ1) is 7.10. The Morgan fingerprint density at radius 3 is 2.73 bits per heavy atom. The predicted molar refractivity (Wildman–Crippen MR) is 55.9 cm³/mol. The fourth-order valence-electron chi connectivity index (χ4n) is 1.31. The molecule has 4 heteroatoms. The highest BCUT2D eigenvalue weighted by molar-refractivity contribution is 6.00. The third-order valence-corrected chi connectivity index (χ3v) is 2.12. The van der Waals surface area contributed by atoms with Crippen LogP contribution in [0.5, 0.6) is 5.75 Å². The average molecular weight is 211 g/mol. The van der Waals surface area contributed by atoms with E-state index in [1.165, 1.54) is 19.2 Å². The monoisotopic (exact) mass is 211 g/mol. The van der Waals surface area contributed by atoms with E-state index in [0.29, 0.717) is 11.1 Å². The van der Waals surface area contributed by atoms with E-state index < -0.39 is 0 Å². The van der Waals surface area contributed by atoms with Gasteiger partial charge in [0.05, 0.1) is 19.2 Å². The molecule has 0 aliphatic rings. The van der Waals surface area contributed by atoms with E-state index in [1.807, 2.05) is 0 Å². The zero-order valence-electron chi connectivity index (χ0n) is 9.06. The van der Waals surface area contributed by atoms with Crippen molar-refractivity contribution in [3.63, 3.8) is 0 Å². The van der Waals surface area contributed by atoms with Crippen molar-refractivity contribution in [3.05, 3.63) is 29.1 Å². The minimum absolute atomic E-state index is 0.113. The fraction of sp³-hybridized carbons (Fsp3) is 0.364. The number of Topliss-reactive ketones (excluding diaryl/α,β-unsaturated/α-hetero) is 1. The van der Waals surface area contributed by atoms with Crippen molar-refractivity contribution in [2.75, 3.05) is 20.7 Å². The zero-order chi connectivity index (χ0) is 11.4. The lowest BCUT2D eigenvalue weighted by Gasteiger charge is -2.09. The van der Waals surface area contributed by atoms with Gasteiger partial charge in [-0.15, -0.1) is 0 Å². The number of hydrogen-bond donors (Lipinski definition) is 1. The molecular formula is C11H14FNO2. The summed E-state index contributed by atoms with van der Waals surface area (Å²) in [4.78, 5) is 11.6. The summed E-state index contributed by atoms with van der Waals surface area (Å²) >= 11 is 0. The van der Waals surface area contributed by atoms with Crippen LogP contribution in [0.25, 0.3) is 0 Å². The van der Waals surface area contributed by atoms with Crippen LogP contribution in [0.3, 0.4) is 0 Å². The van der Waals surface area contributed by atoms with Crippen LogP contribution >= 0.6 is 0 Å². The molecule has 0 heterocycles. The average Bonchev–Trinajstić information content (AvgIpc) is 2.21. The molecule has 0 aromatic heterocycles. The molecule has 0 saturated carbocycles. The van der Waals surface area contributed by atoms with Gasteiger partial charge in [-0.1, -0.05) is 0 Å². The van der Waals surface area contributed by atoms with Crippen LogP contribution in [-0.4, -0.2) is 26.5 Å². The Labute approximate surface area is 88.2 Å². The normalized spacial score (nSPS) is 10.1. The molecule has 0 fully saturated rings. The number of hydrogen-bond acceptors (Lipinski definition) is 3. The molecule has 0 saturated heterocycles. The van der Waals surface area contributed by atoms with Crippen LogP contribution < -0.4 is 10.1 Å². The number of benzene rings is 1. The van der Waals surface area contributed by atoms with E-state index in [-0.39, 0.29) is 23.9 Å². The fourth-order valence-corrected chi connectivity index (χ4v) is 1.31. The Kier molecular flexibility index (Phi) is 3.80. The number of carbonyl (C=O) groups excluding carboxylic acids is 1. The molecular weight excluding hydrogens is 197 g/mol. The van der Waals surface area contributed by atoms with Gasteiger partial charge in [-0.3, -0.25) is 4.79 Å². The maximum absolute atomic E-state index is 13.2. The second-order valence-electron chi connectivity index (χ2n) is 3.26. The lowest BCUT2D eigenvalue weighted by atomic mass is 10.1. The third kappa shape index (κ3) is 2.53. The molecule has 0 radical (unpaired) electrons. The Hall–Kier alpha value is -1.42. The molecule has 0 unspecified atom stereocenters. The number of ketones is 1. The smallest absolute Gasteiger partial charge is 0.180 e. The van der Waals surface area contributed by atoms with Gasteiger partial charge in [0.1, 0.15) is 11.6 Å². The van der Waals surface area contributed by atoms with Crippen LogP contribution in [0.1, 0.15) is 15.9 Å². The molecule has 0 spiro atoms. The van der Waals surface area contributed by atoms with Gasteiger partial charge in [0.15, 0.2) is 5.78 Å². The van der Waals surface area contributed by atoms with Gasteiger partial charge in [-0.05, 0) is 25.6 Å². The summed E-state index contributed by atoms with van der Waals surface area (Å²) in [5.41, 5.74) is 0.848. The van der Waals surface area contributed by atoms with Gasteiger partial charge in [0.2, 0.25) is 0 Å². The molecule has 1 N–H and O–H groups in total. The number of methoxy groups -OCH3 is 1. The van der Waals surface area contributed by atoms with Gasteiger partial charge in [-0.25, -0.2) is 4.39 Å². The van der Waals surface area contributed by atoms with Crippen LogP contribution in [0.4, 0.5) is 4.39 Å². The van der Waals surface area contributed by atoms with Crippen LogP contribution in [0.15, 0.2) is 12.1 Å². The number of aryl methyl sites for hydroxylation is 1. The zero-order valence-corrected chi connectivity index (χ0v) is 9.06. The quantitative estimate of drug-likeness (QED) is 0.768. The Morgan fingerprint density at radius 2 is 2.20 bits per heavy atom. The second-order valence-corrected chi connectivity index (χ2v) is 3.26. The Bertz CT molecular complexity index is 377. The molecule has 0 atom stereocenters. The molecule has 1 aromatic carbocycles. The SMILES string of the molecule is CNCC(=O)c1cc(C)c(F)cc1OC. The van der Waals surface area contributed by atoms with E-state index in [1.54, 1.807) is 14.0 Å². The van der Waals surface area contributed by atoms with Crippen molar-refractivity contribution < 1.29 is 13.9 Å². The maximum atomic E-state index is 13.2. The van der Waals surface area contributed by atoms with Crippen LogP contribution in [-0.2, 0) is 0 Å². The van der Waals surface area contributed by atoms with Crippen LogP contribution in [0.2, 0.25) is 0 Å². The largest absolute Gasteiger partial charge is 0.496 e. The standard InChI is InChI=1S/C11H14FNO2/c1-7-4-8(10(14)6-13-2)11(15-3)5-9(7)12/h4-5,13H,6H2,1-3H3. The van der Waals surface area contributed by atoms with Crippen molar-refractivity contribution in [3.8, 4) is 5.75 Å². The van der Waals surface area contributed by atoms with E-state index >= 15 is 0 Å². The summed E-state index contributed by atoms with van der Waals surface area (Å²) < 4.78 is 18.1. The lowest BCUT2D eigenvalue weighted by molar-refractivity contribution is 0.0990. The molecule has 3 nitrogen and oxygen atoms in total. The summed E-state index contributed by atoms with van der Waals surface area (Å²) in [6.07, 6.45) is 0. The summed E-state index contributed by atoms with van der Waals surface area (Å²) in [6.45, 7) is 1.83. The summed E-state index contributed by atoms with van der Waals surface area (Å²) in [6, 6.07) is 2.74. The van der Waals surface area contributed by atoms with E-state index in [0.717, 1.165) is 0 Å². The Balaban J connectivity index is 3.15. The summed E-state index contributed by atoms with van der Waals surface area (Å²) in [5.74, 6) is -0.205. The van der Waals surface area contributed by atoms with Crippen molar-refractivity contribution in [2.45, 2.75) is 6.92 Å². The number of carbonyl (C=O) groups is 1. The number of halogens is 1. The van der Waals surface area contributed by atoms with Gasteiger partial charge >= 0.3 is 0 Å². The summed E-state index contributed by atoms with van der Waals surface area (Å²) in [5, 5.41) is 2.75. The maximum Gasteiger partial charge on any atom is 0.180 e. The van der Waals surface area contributed by atoms with Crippen molar-refractivity contribution in [1.82, 2.24) is 5.32 Å². The van der Waals surface area contributed by atoms with E-state index in [2.05, 4.69) is 5.32 Å². The van der Waals surface area contributed by atoms with E-state index in [4.69, 9.17) is 4.74 Å². The summed E-state index contributed by atoms with van der Waals surface area (Å²) in [7, 11) is 3.10. The van der Waals surface area contributed by atoms with E-state index in [9.17, 15) is 9.18 Å². The predicted octanol–water partition coefficient (Wildman–Crippen LogP) is 1.54. The van der Waals surface area contributed by atoms with Crippen LogP contribution in [0, 0.1) is 12.7 Å². The van der Waals surface area contributed by atoms with Crippen molar-refractivity contribution >= 4 is 5.78 Å².